The number of H-pyrrole nitrogens is 1. The third-order valence-electron chi connectivity index (χ3n) is 5.07. The van der Waals surface area contributed by atoms with Gasteiger partial charge in [-0.15, -0.1) is 0 Å². The van der Waals surface area contributed by atoms with E-state index in [1.54, 1.807) is 6.07 Å². The molecular weight excluding hydrogens is 355 g/mol. The molecule has 2 aromatic carbocycles. The zero-order valence-corrected chi connectivity index (χ0v) is 15.1. The average molecular weight is 373 g/mol. The molecule has 4 rings (SSSR count). The first-order chi connectivity index (χ1) is 12.1. The Labute approximate surface area is 156 Å². The van der Waals surface area contributed by atoms with E-state index in [4.69, 9.17) is 23.2 Å². The Morgan fingerprint density at radius 2 is 1.96 bits per heavy atom. The van der Waals surface area contributed by atoms with E-state index in [9.17, 15) is 4.79 Å². The van der Waals surface area contributed by atoms with Crippen LogP contribution in [0.15, 0.2) is 48.7 Å². The van der Waals surface area contributed by atoms with Crippen LogP contribution in [0.3, 0.4) is 0 Å². The smallest absolute Gasteiger partial charge is 0.170 e. The number of rotatable bonds is 4. The van der Waals surface area contributed by atoms with Crippen LogP contribution in [-0.2, 0) is 6.42 Å². The molecule has 1 aliphatic heterocycles. The second-order valence-electron chi connectivity index (χ2n) is 6.74. The van der Waals surface area contributed by atoms with Gasteiger partial charge < -0.3 is 10.3 Å². The van der Waals surface area contributed by atoms with E-state index in [1.165, 1.54) is 0 Å². The number of Topliss-reactive ketones (excluding diaryl/α,β-unsaturated/α-hetero) is 1. The summed E-state index contributed by atoms with van der Waals surface area (Å²) in [7, 11) is 0. The van der Waals surface area contributed by atoms with Crippen LogP contribution in [0.4, 0.5) is 0 Å². The Hall–Kier alpha value is -1.81. The van der Waals surface area contributed by atoms with Crippen molar-refractivity contribution in [1.82, 2.24) is 10.3 Å². The lowest BCUT2D eigenvalue weighted by Crippen LogP contribution is -2.36. The highest BCUT2D eigenvalue weighted by Crippen LogP contribution is 2.36. The molecule has 25 heavy (non-hydrogen) atoms. The van der Waals surface area contributed by atoms with Crippen LogP contribution in [0.1, 0.15) is 22.3 Å². The zero-order valence-electron chi connectivity index (χ0n) is 13.6. The number of fused-ring (bicyclic) bond motifs is 1. The number of ketones is 1. The second kappa shape index (κ2) is 6.49. The molecule has 2 heterocycles. The third-order valence-corrected chi connectivity index (χ3v) is 5.81. The number of hydrogen-bond donors (Lipinski definition) is 2. The Morgan fingerprint density at radius 1 is 1.08 bits per heavy atom. The Kier molecular flexibility index (Phi) is 4.32. The maximum atomic E-state index is 13.4. The molecule has 0 bridgehead atoms. The number of nitrogens with one attached hydrogen (secondary N) is 2. The molecule has 3 aromatic rings. The van der Waals surface area contributed by atoms with Crippen LogP contribution in [0.5, 0.6) is 0 Å². The summed E-state index contributed by atoms with van der Waals surface area (Å²) in [6.45, 7) is 1.52. The normalized spacial score (nSPS) is 20.2. The van der Waals surface area contributed by atoms with Crippen molar-refractivity contribution in [2.45, 2.75) is 12.8 Å². The Balaban J connectivity index is 1.69. The van der Waals surface area contributed by atoms with Crippen molar-refractivity contribution in [2.75, 3.05) is 13.1 Å². The fraction of sp³-hybridized carbons (Fsp3) is 0.250. The molecule has 2 N–H and O–H groups in total. The molecule has 128 valence electrons. The summed E-state index contributed by atoms with van der Waals surface area (Å²) in [5, 5.41) is 5.48. The van der Waals surface area contributed by atoms with Gasteiger partial charge in [0.05, 0.1) is 15.5 Å². The van der Waals surface area contributed by atoms with E-state index in [1.807, 2.05) is 42.6 Å². The van der Waals surface area contributed by atoms with Gasteiger partial charge in [0, 0.05) is 29.2 Å². The first kappa shape index (κ1) is 16.6. The monoisotopic (exact) mass is 372 g/mol. The number of hydrogen-bond acceptors (Lipinski definition) is 2. The predicted molar refractivity (Wildman–Crippen MR) is 103 cm³/mol. The average Bonchev–Trinajstić information content (AvgIpc) is 3.26. The van der Waals surface area contributed by atoms with Crippen LogP contribution >= 0.6 is 23.2 Å². The van der Waals surface area contributed by atoms with Gasteiger partial charge in [-0.05, 0) is 61.3 Å². The molecule has 0 saturated carbocycles. The fourth-order valence-corrected chi connectivity index (χ4v) is 4.03. The Morgan fingerprint density at radius 3 is 2.72 bits per heavy atom. The summed E-state index contributed by atoms with van der Waals surface area (Å²) in [4.78, 5) is 16.5. The van der Waals surface area contributed by atoms with Crippen molar-refractivity contribution in [3.8, 4) is 0 Å². The van der Waals surface area contributed by atoms with Crippen LogP contribution in [0.25, 0.3) is 10.9 Å². The molecule has 0 radical (unpaired) electrons. The number of aromatic nitrogens is 1. The molecule has 3 nitrogen and oxygen atoms in total. The van der Waals surface area contributed by atoms with Gasteiger partial charge in [-0.1, -0.05) is 29.3 Å². The quantitative estimate of drug-likeness (QED) is 0.641. The SMILES string of the molecule is O=C(c1ccc2[nH]ccc2c1)C1(Cc2ccc(Cl)c(Cl)c2)CCNC1. The number of benzene rings is 2. The van der Waals surface area contributed by atoms with Crippen LogP contribution in [-0.4, -0.2) is 23.9 Å². The summed E-state index contributed by atoms with van der Waals surface area (Å²) in [5.41, 5.74) is 2.39. The van der Waals surface area contributed by atoms with E-state index in [0.29, 0.717) is 23.0 Å². The minimum Gasteiger partial charge on any atom is -0.361 e. The van der Waals surface area contributed by atoms with E-state index < -0.39 is 5.41 Å². The van der Waals surface area contributed by atoms with Gasteiger partial charge in [-0.25, -0.2) is 0 Å². The molecule has 1 saturated heterocycles. The summed E-state index contributed by atoms with van der Waals surface area (Å²) in [5.74, 6) is 0.187. The fourth-order valence-electron chi connectivity index (χ4n) is 3.71. The molecule has 1 unspecified atom stereocenters. The minimum absolute atomic E-state index is 0.187. The summed E-state index contributed by atoms with van der Waals surface area (Å²) >= 11 is 12.2. The van der Waals surface area contributed by atoms with Crippen molar-refractivity contribution in [3.05, 3.63) is 69.8 Å². The molecule has 0 aliphatic carbocycles. The van der Waals surface area contributed by atoms with Crippen molar-refractivity contribution in [2.24, 2.45) is 5.41 Å². The van der Waals surface area contributed by atoms with Gasteiger partial charge in [0.1, 0.15) is 0 Å². The molecule has 0 spiro atoms. The molecule has 5 heteroatoms. The van der Waals surface area contributed by atoms with Crippen LogP contribution in [0.2, 0.25) is 10.0 Å². The first-order valence-electron chi connectivity index (χ1n) is 8.34. The lowest BCUT2D eigenvalue weighted by atomic mass is 9.74. The summed E-state index contributed by atoms with van der Waals surface area (Å²) in [6, 6.07) is 13.5. The molecule has 1 atom stereocenters. The number of halogens is 2. The third kappa shape index (κ3) is 3.08. The molecule has 1 fully saturated rings. The lowest BCUT2D eigenvalue weighted by molar-refractivity contribution is 0.0816. The second-order valence-corrected chi connectivity index (χ2v) is 7.56. The number of aromatic amines is 1. The van der Waals surface area contributed by atoms with Gasteiger partial charge >= 0.3 is 0 Å². The largest absolute Gasteiger partial charge is 0.361 e. The molecule has 0 amide bonds. The Bertz CT molecular complexity index is 942. The maximum Gasteiger partial charge on any atom is 0.170 e. The van der Waals surface area contributed by atoms with Crippen LogP contribution < -0.4 is 5.32 Å². The highest BCUT2D eigenvalue weighted by atomic mass is 35.5. The molecule has 1 aliphatic rings. The van der Waals surface area contributed by atoms with Crippen molar-refractivity contribution in [3.63, 3.8) is 0 Å². The summed E-state index contributed by atoms with van der Waals surface area (Å²) < 4.78 is 0. The van der Waals surface area contributed by atoms with Crippen molar-refractivity contribution < 1.29 is 4.79 Å². The molecule has 1 aromatic heterocycles. The lowest BCUT2D eigenvalue weighted by Gasteiger charge is -2.27. The van der Waals surface area contributed by atoms with Gasteiger partial charge in [0.25, 0.3) is 0 Å². The van der Waals surface area contributed by atoms with Gasteiger partial charge in [0.15, 0.2) is 5.78 Å². The first-order valence-corrected chi connectivity index (χ1v) is 9.10. The van der Waals surface area contributed by atoms with Crippen molar-refractivity contribution >= 4 is 39.9 Å². The number of carbonyl (C=O) groups excluding carboxylic acids is 1. The standard InChI is InChI=1S/C20H18Cl2N2O/c21-16-3-1-13(9-17(16)22)11-20(6-8-23-12-20)19(25)15-2-4-18-14(10-15)5-7-24-18/h1-5,7,9-10,23-24H,6,8,11-12H2. The van der Waals surface area contributed by atoms with E-state index >= 15 is 0 Å². The number of carbonyl (C=O) groups is 1. The van der Waals surface area contributed by atoms with Crippen LogP contribution in [0, 0.1) is 5.41 Å². The van der Waals surface area contributed by atoms with Gasteiger partial charge in [-0.2, -0.15) is 0 Å². The minimum atomic E-state index is -0.443. The van der Waals surface area contributed by atoms with Gasteiger partial charge in [0.2, 0.25) is 0 Å². The maximum absolute atomic E-state index is 13.4. The highest BCUT2D eigenvalue weighted by Gasteiger charge is 2.41. The van der Waals surface area contributed by atoms with Crippen molar-refractivity contribution in [1.29, 1.82) is 0 Å². The summed E-state index contributed by atoms with van der Waals surface area (Å²) in [6.07, 6.45) is 3.36. The predicted octanol–water partition coefficient (Wildman–Crippen LogP) is 4.88. The van der Waals surface area contributed by atoms with E-state index in [-0.39, 0.29) is 5.78 Å². The zero-order chi connectivity index (χ0) is 17.4. The topological polar surface area (TPSA) is 44.9 Å². The van der Waals surface area contributed by atoms with E-state index in [2.05, 4.69) is 10.3 Å². The highest BCUT2D eigenvalue weighted by molar-refractivity contribution is 6.42. The molecular formula is C20H18Cl2N2O. The van der Waals surface area contributed by atoms with Gasteiger partial charge in [-0.3, -0.25) is 4.79 Å². The van der Waals surface area contributed by atoms with E-state index in [0.717, 1.165) is 35.0 Å².